The SMILES string of the molecule is OC(CCc1ccco1)c1cccc2ccsc12. The van der Waals surface area contributed by atoms with E-state index in [0.717, 1.165) is 17.7 Å². The molecule has 0 saturated heterocycles. The van der Waals surface area contributed by atoms with Crippen LogP contribution >= 0.6 is 11.3 Å². The summed E-state index contributed by atoms with van der Waals surface area (Å²) in [5.74, 6) is 0.924. The smallest absolute Gasteiger partial charge is 0.103 e. The third-order valence-electron chi connectivity index (χ3n) is 3.11. The standard InChI is InChI=1S/C15H14O2S/c16-14(7-6-12-4-2-9-17-12)13-5-1-3-11-8-10-18-15(11)13/h1-5,8-10,14,16H,6-7H2. The van der Waals surface area contributed by atoms with Gasteiger partial charge in [-0.1, -0.05) is 18.2 Å². The van der Waals surface area contributed by atoms with Gasteiger partial charge in [0, 0.05) is 11.1 Å². The Morgan fingerprint density at radius 2 is 2.11 bits per heavy atom. The van der Waals surface area contributed by atoms with Gasteiger partial charge in [0.1, 0.15) is 5.76 Å². The van der Waals surface area contributed by atoms with Crippen LogP contribution in [0.15, 0.2) is 52.5 Å². The quantitative estimate of drug-likeness (QED) is 0.762. The van der Waals surface area contributed by atoms with Crippen molar-refractivity contribution in [1.29, 1.82) is 0 Å². The van der Waals surface area contributed by atoms with Crippen molar-refractivity contribution in [2.75, 3.05) is 0 Å². The highest BCUT2D eigenvalue weighted by Crippen LogP contribution is 2.30. The summed E-state index contributed by atoms with van der Waals surface area (Å²) in [4.78, 5) is 0. The molecule has 3 heteroatoms. The second-order valence-corrected chi connectivity index (χ2v) is 5.24. The van der Waals surface area contributed by atoms with Gasteiger partial charge in [0.2, 0.25) is 0 Å². The van der Waals surface area contributed by atoms with Crippen molar-refractivity contribution in [1.82, 2.24) is 0 Å². The number of furan rings is 1. The van der Waals surface area contributed by atoms with E-state index in [1.807, 2.05) is 24.3 Å². The molecule has 1 unspecified atom stereocenters. The van der Waals surface area contributed by atoms with Crippen LogP contribution in [0.1, 0.15) is 23.8 Å². The zero-order valence-corrected chi connectivity index (χ0v) is 10.7. The summed E-state index contributed by atoms with van der Waals surface area (Å²) in [6.45, 7) is 0. The van der Waals surface area contributed by atoms with Gasteiger partial charge in [-0.15, -0.1) is 11.3 Å². The van der Waals surface area contributed by atoms with E-state index in [9.17, 15) is 5.11 Å². The molecule has 1 aromatic carbocycles. The molecule has 1 N–H and O–H groups in total. The molecule has 2 heterocycles. The predicted octanol–water partition coefficient (Wildman–Crippen LogP) is 4.16. The van der Waals surface area contributed by atoms with E-state index in [2.05, 4.69) is 17.5 Å². The first-order valence-corrected chi connectivity index (χ1v) is 6.89. The Morgan fingerprint density at radius 1 is 1.17 bits per heavy atom. The van der Waals surface area contributed by atoms with Gasteiger partial charge in [0.05, 0.1) is 12.4 Å². The minimum atomic E-state index is -0.433. The second-order valence-electron chi connectivity index (χ2n) is 4.32. The van der Waals surface area contributed by atoms with Gasteiger partial charge in [-0.05, 0) is 40.9 Å². The molecule has 3 rings (SSSR count). The molecule has 18 heavy (non-hydrogen) atoms. The average molecular weight is 258 g/mol. The van der Waals surface area contributed by atoms with Crippen LogP contribution in [-0.4, -0.2) is 5.11 Å². The number of thiophene rings is 1. The van der Waals surface area contributed by atoms with Crippen molar-refractivity contribution in [2.45, 2.75) is 18.9 Å². The number of aliphatic hydroxyl groups excluding tert-OH is 1. The third kappa shape index (κ3) is 2.19. The number of fused-ring (bicyclic) bond motifs is 1. The fourth-order valence-corrected chi connectivity index (χ4v) is 3.13. The first-order chi connectivity index (χ1) is 8.84. The Bertz CT molecular complexity index is 625. The van der Waals surface area contributed by atoms with Gasteiger partial charge >= 0.3 is 0 Å². The molecule has 0 radical (unpaired) electrons. The highest BCUT2D eigenvalue weighted by Gasteiger charge is 2.12. The molecule has 1 atom stereocenters. The molecule has 0 bridgehead atoms. The van der Waals surface area contributed by atoms with Crippen LogP contribution in [0.25, 0.3) is 10.1 Å². The van der Waals surface area contributed by atoms with E-state index >= 15 is 0 Å². The van der Waals surface area contributed by atoms with Gasteiger partial charge in [-0.3, -0.25) is 0 Å². The molecule has 0 aliphatic carbocycles. The lowest BCUT2D eigenvalue weighted by atomic mass is 10.0. The molecule has 2 aromatic heterocycles. The lowest BCUT2D eigenvalue weighted by molar-refractivity contribution is 0.167. The first-order valence-electron chi connectivity index (χ1n) is 6.01. The predicted molar refractivity (Wildman–Crippen MR) is 73.8 cm³/mol. The molecule has 0 spiro atoms. The van der Waals surface area contributed by atoms with Gasteiger partial charge in [0.15, 0.2) is 0 Å². The van der Waals surface area contributed by atoms with Crippen LogP contribution in [0.3, 0.4) is 0 Å². The monoisotopic (exact) mass is 258 g/mol. The number of aryl methyl sites for hydroxylation is 1. The van der Waals surface area contributed by atoms with E-state index in [-0.39, 0.29) is 0 Å². The average Bonchev–Trinajstić information content (AvgIpc) is 3.05. The number of aliphatic hydroxyl groups is 1. The van der Waals surface area contributed by atoms with Crippen molar-refractivity contribution in [3.05, 3.63) is 59.4 Å². The lowest BCUT2D eigenvalue weighted by Crippen LogP contribution is -1.99. The van der Waals surface area contributed by atoms with Gasteiger partial charge in [-0.2, -0.15) is 0 Å². The van der Waals surface area contributed by atoms with Crippen molar-refractivity contribution >= 4 is 21.4 Å². The summed E-state index contributed by atoms with van der Waals surface area (Å²) in [6.07, 6.45) is 2.68. The van der Waals surface area contributed by atoms with Gasteiger partial charge < -0.3 is 9.52 Å². The Morgan fingerprint density at radius 3 is 2.94 bits per heavy atom. The minimum absolute atomic E-state index is 0.433. The van der Waals surface area contributed by atoms with E-state index in [0.29, 0.717) is 6.42 Å². The van der Waals surface area contributed by atoms with E-state index in [1.165, 1.54) is 10.1 Å². The molecular weight excluding hydrogens is 244 g/mol. The number of rotatable bonds is 4. The van der Waals surface area contributed by atoms with Crippen LogP contribution in [0.2, 0.25) is 0 Å². The van der Waals surface area contributed by atoms with Crippen molar-refractivity contribution < 1.29 is 9.52 Å². The summed E-state index contributed by atoms with van der Waals surface area (Å²) in [5.41, 5.74) is 1.02. The molecule has 0 saturated carbocycles. The number of hydrogen-bond acceptors (Lipinski definition) is 3. The summed E-state index contributed by atoms with van der Waals surface area (Å²) >= 11 is 1.68. The van der Waals surface area contributed by atoms with Crippen molar-refractivity contribution in [3.8, 4) is 0 Å². The summed E-state index contributed by atoms with van der Waals surface area (Å²) in [5, 5.41) is 13.6. The van der Waals surface area contributed by atoms with E-state index < -0.39 is 6.10 Å². The van der Waals surface area contributed by atoms with Crippen molar-refractivity contribution in [3.63, 3.8) is 0 Å². The summed E-state index contributed by atoms with van der Waals surface area (Å²) in [7, 11) is 0. The van der Waals surface area contributed by atoms with Crippen molar-refractivity contribution in [2.24, 2.45) is 0 Å². The molecule has 2 nitrogen and oxygen atoms in total. The van der Waals surface area contributed by atoms with Crippen LogP contribution < -0.4 is 0 Å². The van der Waals surface area contributed by atoms with Crippen LogP contribution in [0.4, 0.5) is 0 Å². The zero-order chi connectivity index (χ0) is 12.4. The van der Waals surface area contributed by atoms with Gasteiger partial charge in [-0.25, -0.2) is 0 Å². The fourth-order valence-electron chi connectivity index (χ4n) is 2.17. The lowest BCUT2D eigenvalue weighted by Gasteiger charge is -2.11. The molecular formula is C15H14O2S. The normalized spacial score (nSPS) is 12.9. The Kier molecular flexibility index (Phi) is 3.17. The number of hydrogen-bond donors (Lipinski definition) is 1. The van der Waals surface area contributed by atoms with Crippen LogP contribution in [0, 0.1) is 0 Å². The molecule has 0 aliphatic rings. The van der Waals surface area contributed by atoms with Gasteiger partial charge in [0.25, 0.3) is 0 Å². The molecule has 0 amide bonds. The third-order valence-corrected chi connectivity index (χ3v) is 4.09. The summed E-state index contributed by atoms with van der Waals surface area (Å²) in [6, 6.07) is 12.0. The molecule has 0 aliphatic heterocycles. The maximum absolute atomic E-state index is 10.3. The Hall–Kier alpha value is -1.58. The largest absolute Gasteiger partial charge is 0.469 e. The highest BCUT2D eigenvalue weighted by molar-refractivity contribution is 7.17. The van der Waals surface area contributed by atoms with Crippen LogP contribution in [0.5, 0.6) is 0 Å². The second kappa shape index (κ2) is 4.96. The molecule has 92 valence electrons. The van der Waals surface area contributed by atoms with E-state index in [4.69, 9.17) is 4.42 Å². The number of benzene rings is 1. The first kappa shape index (κ1) is 11.5. The molecule has 3 aromatic rings. The molecule has 0 fully saturated rings. The van der Waals surface area contributed by atoms with E-state index in [1.54, 1.807) is 17.6 Å². The maximum Gasteiger partial charge on any atom is 0.103 e. The Balaban J connectivity index is 1.79. The fraction of sp³-hybridized carbons (Fsp3) is 0.200. The minimum Gasteiger partial charge on any atom is -0.469 e. The zero-order valence-electron chi connectivity index (χ0n) is 9.87. The maximum atomic E-state index is 10.3. The highest BCUT2D eigenvalue weighted by atomic mass is 32.1. The topological polar surface area (TPSA) is 33.4 Å². The Labute approximate surface area is 109 Å². The summed E-state index contributed by atoms with van der Waals surface area (Å²) < 4.78 is 6.47. The van der Waals surface area contributed by atoms with Crippen LogP contribution in [-0.2, 0) is 6.42 Å².